The molecule has 0 atom stereocenters. The van der Waals surface area contributed by atoms with Gasteiger partial charge in [-0.15, -0.1) is 0 Å². The number of hydrogen-bond acceptors (Lipinski definition) is 4. The van der Waals surface area contributed by atoms with Crippen molar-refractivity contribution in [3.05, 3.63) is 41.1 Å². The van der Waals surface area contributed by atoms with Gasteiger partial charge < -0.3 is 9.64 Å². The van der Waals surface area contributed by atoms with Gasteiger partial charge >= 0.3 is 5.97 Å². The molecule has 110 valence electrons. The summed E-state index contributed by atoms with van der Waals surface area (Å²) in [6.45, 7) is 1.91. The second-order valence-electron chi connectivity index (χ2n) is 4.75. The summed E-state index contributed by atoms with van der Waals surface area (Å²) < 4.78 is 4.65. The minimum absolute atomic E-state index is 0.0802. The molecule has 1 saturated heterocycles. The summed E-state index contributed by atoms with van der Waals surface area (Å²) in [6, 6.07) is 7.73. The van der Waals surface area contributed by atoms with Crippen molar-refractivity contribution >= 4 is 35.3 Å². The summed E-state index contributed by atoms with van der Waals surface area (Å²) in [5.74, 6) is -0.681. The van der Waals surface area contributed by atoms with E-state index < -0.39 is 5.97 Å². The molecule has 1 fully saturated rings. The average molecular weight is 304 g/mol. The van der Waals surface area contributed by atoms with Crippen LogP contribution in [0.4, 0.5) is 0 Å². The predicted molar refractivity (Wildman–Crippen MR) is 83.2 cm³/mol. The van der Waals surface area contributed by atoms with Crippen molar-refractivity contribution in [2.24, 2.45) is 0 Å². The van der Waals surface area contributed by atoms with Gasteiger partial charge in [-0.1, -0.05) is 29.8 Å². The maximum atomic E-state index is 12.2. The Hall–Kier alpha value is -2.21. The van der Waals surface area contributed by atoms with Gasteiger partial charge in [0.15, 0.2) is 5.11 Å². The van der Waals surface area contributed by atoms with Crippen LogP contribution in [0, 0.1) is 6.92 Å². The van der Waals surface area contributed by atoms with E-state index >= 15 is 0 Å². The third-order valence-corrected chi connectivity index (χ3v) is 3.72. The van der Waals surface area contributed by atoms with Gasteiger partial charge in [0, 0.05) is 7.05 Å². The first kappa shape index (κ1) is 15.2. The monoisotopic (exact) mass is 304 g/mol. The summed E-state index contributed by atoms with van der Waals surface area (Å²) in [5, 5.41) is 0.295. The molecule has 21 heavy (non-hydrogen) atoms. The zero-order chi connectivity index (χ0) is 15.6. The lowest BCUT2D eigenvalue weighted by Crippen LogP contribution is -2.33. The molecule has 0 aromatic heterocycles. The van der Waals surface area contributed by atoms with E-state index in [9.17, 15) is 9.59 Å². The topological polar surface area (TPSA) is 49.9 Å². The largest absolute Gasteiger partial charge is 0.468 e. The van der Waals surface area contributed by atoms with Crippen molar-refractivity contribution in [1.29, 1.82) is 0 Å². The maximum absolute atomic E-state index is 12.2. The molecule has 1 aliphatic rings. The SMILES string of the molecule is COC(=O)CN1C(=S)N(C)C(=O)/C1=C/c1ccc(C)cc1. The molecule has 1 aromatic carbocycles. The molecule has 0 saturated carbocycles. The van der Waals surface area contributed by atoms with Crippen LogP contribution >= 0.6 is 12.2 Å². The Morgan fingerprint density at radius 1 is 1.33 bits per heavy atom. The number of ether oxygens (including phenoxy) is 1. The number of methoxy groups -OCH3 is 1. The van der Waals surface area contributed by atoms with Crippen LogP contribution < -0.4 is 0 Å². The van der Waals surface area contributed by atoms with Gasteiger partial charge in [-0.3, -0.25) is 14.5 Å². The minimum atomic E-state index is -0.449. The fourth-order valence-electron chi connectivity index (χ4n) is 1.96. The Morgan fingerprint density at radius 2 is 1.95 bits per heavy atom. The number of carbonyl (C=O) groups excluding carboxylic acids is 2. The van der Waals surface area contributed by atoms with Crippen LogP contribution in [0.3, 0.4) is 0 Å². The molecule has 0 radical (unpaired) electrons. The zero-order valence-corrected chi connectivity index (χ0v) is 12.9. The predicted octanol–water partition coefficient (Wildman–Crippen LogP) is 1.57. The molecule has 6 heteroatoms. The van der Waals surface area contributed by atoms with Crippen LogP contribution in [-0.2, 0) is 14.3 Å². The number of likely N-dealkylation sites (N-methyl/N-ethyl adjacent to an activating group) is 1. The average Bonchev–Trinajstić information content (AvgIpc) is 2.67. The van der Waals surface area contributed by atoms with E-state index in [1.165, 1.54) is 16.9 Å². The highest BCUT2D eigenvalue weighted by molar-refractivity contribution is 7.80. The van der Waals surface area contributed by atoms with Crippen LogP contribution in [0.5, 0.6) is 0 Å². The Morgan fingerprint density at radius 3 is 2.52 bits per heavy atom. The quantitative estimate of drug-likeness (QED) is 0.482. The minimum Gasteiger partial charge on any atom is -0.468 e. The molecule has 1 aromatic rings. The lowest BCUT2D eigenvalue weighted by atomic mass is 10.1. The van der Waals surface area contributed by atoms with Crippen LogP contribution in [0.1, 0.15) is 11.1 Å². The second kappa shape index (κ2) is 6.05. The lowest BCUT2D eigenvalue weighted by Gasteiger charge is -2.16. The van der Waals surface area contributed by atoms with Crippen molar-refractivity contribution < 1.29 is 14.3 Å². The number of esters is 1. The normalized spacial score (nSPS) is 16.8. The van der Waals surface area contributed by atoms with Gasteiger partial charge in [-0.25, -0.2) is 0 Å². The van der Waals surface area contributed by atoms with Crippen molar-refractivity contribution in [3.63, 3.8) is 0 Å². The van der Waals surface area contributed by atoms with E-state index in [2.05, 4.69) is 4.74 Å². The van der Waals surface area contributed by atoms with E-state index in [1.54, 1.807) is 13.1 Å². The van der Waals surface area contributed by atoms with Crippen LogP contribution in [0.2, 0.25) is 0 Å². The molecule has 1 amide bonds. The number of benzene rings is 1. The van der Waals surface area contributed by atoms with Gasteiger partial charge in [0.1, 0.15) is 12.2 Å². The standard InChI is InChI=1S/C15H16N2O3S/c1-10-4-6-11(7-5-10)8-12-14(19)16(2)15(21)17(12)9-13(18)20-3/h4-8H,9H2,1-3H3/b12-8-. The fraction of sp³-hybridized carbons (Fsp3) is 0.267. The third kappa shape index (κ3) is 3.11. The molecular formula is C15H16N2O3S. The van der Waals surface area contributed by atoms with Crippen LogP contribution in [0.25, 0.3) is 6.08 Å². The number of rotatable bonds is 3. The van der Waals surface area contributed by atoms with Gasteiger partial charge in [-0.05, 0) is 30.8 Å². The first-order chi connectivity index (χ1) is 9.93. The second-order valence-corrected chi connectivity index (χ2v) is 5.11. The zero-order valence-electron chi connectivity index (χ0n) is 12.1. The summed E-state index contributed by atoms with van der Waals surface area (Å²) in [7, 11) is 2.89. The van der Waals surface area contributed by atoms with Crippen molar-refractivity contribution in [2.45, 2.75) is 6.92 Å². The van der Waals surface area contributed by atoms with Gasteiger partial charge in [0.25, 0.3) is 5.91 Å². The number of carbonyl (C=O) groups is 2. The number of nitrogens with zero attached hydrogens (tertiary/aromatic N) is 2. The van der Waals surface area contributed by atoms with E-state index in [0.29, 0.717) is 10.8 Å². The molecule has 0 N–H and O–H groups in total. The van der Waals surface area contributed by atoms with Gasteiger partial charge in [-0.2, -0.15) is 0 Å². The van der Waals surface area contributed by atoms with E-state index in [0.717, 1.165) is 11.1 Å². The van der Waals surface area contributed by atoms with Gasteiger partial charge in [0.2, 0.25) is 0 Å². The van der Waals surface area contributed by atoms with E-state index in [4.69, 9.17) is 12.2 Å². The molecule has 2 rings (SSSR count). The van der Waals surface area contributed by atoms with E-state index in [-0.39, 0.29) is 12.5 Å². The summed E-state index contributed by atoms with van der Waals surface area (Å²) in [6.07, 6.45) is 1.72. The molecule has 0 aliphatic carbocycles. The first-order valence-corrected chi connectivity index (χ1v) is 6.79. The lowest BCUT2D eigenvalue weighted by molar-refractivity contribution is -0.140. The molecule has 1 heterocycles. The highest BCUT2D eigenvalue weighted by Gasteiger charge is 2.36. The van der Waals surface area contributed by atoms with Crippen LogP contribution in [-0.4, -0.2) is 47.5 Å². The third-order valence-electron chi connectivity index (χ3n) is 3.23. The highest BCUT2D eigenvalue weighted by atomic mass is 32.1. The molecule has 0 unspecified atom stereocenters. The molecule has 1 aliphatic heterocycles. The van der Waals surface area contributed by atoms with Crippen molar-refractivity contribution in [3.8, 4) is 0 Å². The Labute approximate surface area is 128 Å². The van der Waals surface area contributed by atoms with Crippen LogP contribution in [0.15, 0.2) is 30.0 Å². The summed E-state index contributed by atoms with van der Waals surface area (Å²) >= 11 is 5.20. The summed E-state index contributed by atoms with van der Waals surface area (Å²) in [5.41, 5.74) is 2.38. The number of thiocarbonyl (C=S) groups is 1. The van der Waals surface area contributed by atoms with Gasteiger partial charge in [0.05, 0.1) is 7.11 Å². The van der Waals surface area contributed by atoms with Crippen molar-refractivity contribution in [2.75, 3.05) is 20.7 Å². The smallest absolute Gasteiger partial charge is 0.325 e. The molecular weight excluding hydrogens is 288 g/mol. The van der Waals surface area contributed by atoms with Crippen molar-refractivity contribution in [1.82, 2.24) is 9.80 Å². The Balaban J connectivity index is 2.37. The molecule has 0 spiro atoms. The number of hydrogen-bond donors (Lipinski definition) is 0. The fourth-order valence-corrected chi connectivity index (χ4v) is 2.21. The number of amides is 1. The molecule has 0 bridgehead atoms. The summed E-state index contributed by atoms with van der Waals surface area (Å²) in [4.78, 5) is 26.6. The van der Waals surface area contributed by atoms with E-state index in [1.807, 2.05) is 31.2 Å². The first-order valence-electron chi connectivity index (χ1n) is 6.38. The molecule has 5 nitrogen and oxygen atoms in total. The number of aryl methyl sites for hydroxylation is 1. The Kier molecular flexibility index (Phi) is 4.37. The maximum Gasteiger partial charge on any atom is 0.325 e. The Bertz CT molecular complexity index is 622. The highest BCUT2D eigenvalue weighted by Crippen LogP contribution is 2.22.